The molecule has 3 N–H and O–H groups in total. The van der Waals surface area contributed by atoms with Crippen molar-refractivity contribution in [3.05, 3.63) is 51.5 Å². The average molecular weight is 386 g/mol. The number of carbonyl (C=O) groups is 1. The number of amides is 1. The second kappa shape index (κ2) is 7.20. The van der Waals surface area contributed by atoms with Crippen molar-refractivity contribution in [3.63, 3.8) is 0 Å². The highest BCUT2D eigenvalue weighted by Crippen LogP contribution is 2.28. The first kappa shape index (κ1) is 16.2. The van der Waals surface area contributed by atoms with Crippen LogP contribution >= 0.6 is 39.3 Å². The molecule has 0 saturated heterocycles. The first-order chi connectivity index (χ1) is 9.95. The zero-order valence-corrected chi connectivity index (χ0v) is 14.5. The van der Waals surface area contributed by atoms with Gasteiger partial charge in [-0.2, -0.15) is 0 Å². The van der Waals surface area contributed by atoms with E-state index in [9.17, 15) is 4.79 Å². The Balaban J connectivity index is 1.96. The first-order valence-electron chi connectivity index (χ1n) is 6.19. The van der Waals surface area contributed by atoms with Crippen molar-refractivity contribution < 1.29 is 4.79 Å². The number of carbonyl (C=O) groups excluding carboxylic acids is 1. The van der Waals surface area contributed by atoms with Gasteiger partial charge in [0.15, 0.2) is 0 Å². The van der Waals surface area contributed by atoms with Gasteiger partial charge in [-0.3, -0.25) is 4.79 Å². The highest BCUT2D eigenvalue weighted by molar-refractivity contribution is 9.10. The van der Waals surface area contributed by atoms with Gasteiger partial charge in [0.1, 0.15) is 0 Å². The molecule has 0 radical (unpaired) electrons. The van der Waals surface area contributed by atoms with Crippen LogP contribution in [0.2, 0.25) is 5.02 Å². The predicted octanol–water partition coefficient (Wildman–Crippen LogP) is 4.72. The minimum Gasteiger partial charge on any atom is -0.398 e. The summed E-state index contributed by atoms with van der Waals surface area (Å²) >= 11 is 10.8. The quantitative estimate of drug-likeness (QED) is 0.591. The van der Waals surface area contributed by atoms with E-state index in [4.69, 9.17) is 17.3 Å². The van der Waals surface area contributed by atoms with Crippen molar-refractivity contribution in [1.82, 2.24) is 0 Å². The third kappa shape index (κ3) is 4.66. The number of rotatable bonds is 4. The molecule has 2 aromatic carbocycles. The molecule has 1 amide bonds. The number of hydrogen-bond donors (Lipinski definition) is 2. The number of hydrogen-bond acceptors (Lipinski definition) is 3. The van der Waals surface area contributed by atoms with E-state index in [2.05, 4.69) is 21.2 Å². The van der Waals surface area contributed by atoms with E-state index in [1.807, 2.05) is 37.3 Å². The lowest BCUT2D eigenvalue weighted by Gasteiger charge is -2.09. The van der Waals surface area contributed by atoms with Crippen LogP contribution in [0.15, 0.2) is 45.8 Å². The lowest BCUT2D eigenvalue weighted by molar-refractivity contribution is -0.113. The topological polar surface area (TPSA) is 55.1 Å². The van der Waals surface area contributed by atoms with Gasteiger partial charge in [-0.05, 0) is 42.8 Å². The van der Waals surface area contributed by atoms with Crippen LogP contribution in [0, 0.1) is 6.92 Å². The Labute approximate surface area is 141 Å². The van der Waals surface area contributed by atoms with Crippen molar-refractivity contribution in [2.75, 3.05) is 16.8 Å². The standard InChI is InChI=1S/C15H14BrClN2OS/c1-9-2-4-13(11(17)6-9)19-15(20)8-21-14-5-3-10(16)7-12(14)18/h2-7H,8,18H2,1H3,(H,19,20). The van der Waals surface area contributed by atoms with Gasteiger partial charge in [-0.1, -0.05) is 33.6 Å². The van der Waals surface area contributed by atoms with E-state index in [-0.39, 0.29) is 11.7 Å². The summed E-state index contributed by atoms with van der Waals surface area (Å²) in [5.74, 6) is 0.156. The van der Waals surface area contributed by atoms with E-state index >= 15 is 0 Å². The molecule has 0 saturated carbocycles. The molecular weight excluding hydrogens is 372 g/mol. The van der Waals surface area contributed by atoms with Crippen LogP contribution in [0.5, 0.6) is 0 Å². The highest BCUT2D eigenvalue weighted by atomic mass is 79.9. The molecular formula is C15H14BrClN2OS. The van der Waals surface area contributed by atoms with Gasteiger partial charge in [0.25, 0.3) is 0 Å². The monoisotopic (exact) mass is 384 g/mol. The molecule has 0 bridgehead atoms. The number of nitrogens with two attached hydrogens (primary N) is 1. The van der Waals surface area contributed by atoms with Gasteiger partial charge in [0.2, 0.25) is 5.91 Å². The Bertz CT molecular complexity index is 679. The summed E-state index contributed by atoms with van der Waals surface area (Å²) < 4.78 is 0.917. The van der Waals surface area contributed by atoms with Gasteiger partial charge in [0, 0.05) is 15.1 Å². The second-order valence-electron chi connectivity index (χ2n) is 4.50. The number of aryl methyl sites for hydroxylation is 1. The summed E-state index contributed by atoms with van der Waals surface area (Å²) in [4.78, 5) is 12.8. The molecule has 6 heteroatoms. The fourth-order valence-electron chi connectivity index (χ4n) is 1.70. The van der Waals surface area contributed by atoms with E-state index < -0.39 is 0 Å². The molecule has 2 rings (SSSR count). The van der Waals surface area contributed by atoms with Gasteiger partial charge >= 0.3 is 0 Å². The van der Waals surface area contributed by atoms with Gasteiger partial charge in [-0.15, -0.1) is 11.8 Å². The number of benzene rings is 2. The molecule has 2 aromatic rings. The second-order valence-corrected chi connectivity index (χ2v) is 6.84. The maximum Gasteiger partial charge on any atom is 0.234 e. The molecule has 0 unspecified atom stereocenters. The Morgan fingerprint density at radius 2 is 2.10 bits per heavy atom. The molecule has 110 valence electrons. The Kier molecular flexibility index (Phi) is 5.56. The van der Waals surface area contributed by atoms with E-state index in [0.29, 0.717) is 16.4 Å². The van der Waals surface area contributed by atoms with E-state index in [0.717, 1.165) is 14.9 Å². The normalized spacial score (nSPS) is 10.4. The minimum absolute atomic E-state index is 0.118. The Hall–Kier alpha value is -1.17. The lowest BCUT2D eigenvalue weighted by atomic mass is 10.2. The molecule has 3 nitrogen and oxygen atoms in total. The number of anilines is 2. The first-order valence-corrected chi connectivity index (χ1v) is 8.35. The Morgan fingerprint density at radius 1 is 1.33 bits per heavy atom. The molecule has 0 atom stereocenters. The van der Waals surface area contributed by atoms with Crippen LogP contribution in [0.3, 0.4) is 0 Å². The smallest absolute Gasteiger partial charge is 0.234 e. The van der Waals surface area contributed by atoms with Gasteiger partial charge < -0.3 is 11.1 Å². The minimum atomic E-state index is -0.118. The maximum absolute atomic E-state index is 12.0. The van der Waals surface area contributed by atoms with Crippen LogP contribution in [0.1, 0.15) is 5.56 Å². The molecule has 21 heavy (non-hydrogen) atoms. The molecule has 0 fully saturated rings. The number of thioether (sulfide) groups is 1. The molecule has 0 aliphatic carbocycles. The molecule has 0 spiro atoms. The molecule has 0 aliphatic rings. The van der Waals surface area contributed by atoms with E-state index in [1.165, 1.54) is 11.8 Å². The third-order valence-electron chi connectivity index (χ3n) is 2.73. The predicted molar refractivity (Wildman–Crippen MR) is 94.1 cm³/mol. The summed E-state index contributed by atoms with van der Waals surface area (Å²) in [5.41, 5.74) is 8.22. The average Bonchev–Trinajstić information content (AvgIpc) is 2.41. The number of halogens is 2. The van der Waals surface area contributed by atoms with Crippen LogP contribution in [0.25, 0.3) is 0 Å². The third-order valence-corrected chi connectivity index (χ3v) is 4.62. The lowest BCUT2D eigenvalue weighted by Crippen LogP contribution is -2.14. The van der Waals surface area contributed by atoms with Crippen LogP contribution in [0.4, 0.5) is 11.4 Å². The maximum atomic E-state index is 12.0. The van der Waals surface area contributed by atoms with Crippen molar-refractivity contribution >= 4 is 56.6 Å². The van der Waals surface area contributed by atoms with Crippen LogP contribution in [-0.4, -0.2) is 11.7 Å². The van der Waals surface area contributed by atoms with Crippen LogP contribution < -0.4 is 11.1 Å². The zero-order valence-electron chi connectivity index (χ0n) is 11.3. The summed E-state index contributed by atoms with van der Waals surface area (Å²) in [7, 11) is 0. The largest absolute Gasteiger partial charge is 0.398 e. The number of nitrogen functional groups attached to an aromatic ring is 1. The van der Waals surface area contributed by atoms with Crippen molar-refractivity contribution in [1.29, 1.82) is 0 Å². The number of nitrogens with one attached hydrogen (secondary N) is 1. The highest BCUT2D eigenvalue weighted by Gasteiger charge is 2.08. The summed E-state index contributed by atoms with van der Waals surface area (Å²) in [6.07, 6.45) is 0. The van der Waals surface area contributed by atoms with Gasteiger partial charge in [-0.25, -0.2) is 0 Å². The zero-order chi connectivity index (χ0) is 15.4. The molecule has 0 aromatic heterocycles. The SMILES string of the molecule is Cc1ccc(NC(=O)CSc2ccc(Br)cc2N)c(Cl)c1. The van der Waals surface area contributed by atoms with E-state index in [1.54, 1.807) is 6.07 Å². The summed E-state index contributed by atoms with van der Waals surface area (Å²) in [6, 6.07) is 11.1. The molecule has 0 heterocycles. The molecule has 0 aliphatic heterocycles. The summed E-state index contributed by atoms with van der Waals surface area (Å²) in [6.45, 7) is 1.95. The fraction of sp³-hybridized carbons (Fsp3) is 0.133. The van der Waals surface area contributed by atoms with Crippen molar-refractivity contribution in [2.24, 2.45) is 0 Å². The van der Waals surface area contributed by atoms with Crippen molar-refractivity contribution in [3.8, 4) is 0 Å². The van der Waals surface area contributed by atoms with Crippen molar-refractivity contribution in [2.45, 2.75) is 11.8 Å². The van der Waals surface area contributed by atoms with Gasteiger partial charge in [0.05, 0.1) is 16.5 Å². The fourth-order valence-corrected chi connectivity index (χ4v) is 3.11. The Morgan fingerprint density at radius 3 is 2.76 bits per heavy atom. The van der Waals surface area contributed by atoms with Crippen LogP contribution in [-0.2, 0) is 4.79 Å². The summed E-state index contributed by atoms with van der Waals surface area (Å²) in [5, 5.41) is 3.34.